The Morgan fingerprint density at radius 2 is 1.56 bits per heavy atom. The number of carboxylic acids is 1. The molecule has 0 radical (unpaired) electrons. The Morgan fingerprint density at radius 1 is 0.846 bits per heavy atom. The van der Waals surface area contributed by atoms with E-state index in [9.17, 15) is 14.7 Å². The zero-order valence-corrected chi connectivity index (χ0v) is 22.1. The van der Waals surface area contributed by atoms with Crippen LogP contribution in [0, 0.1) is 0 Å². The summed E-state index contributed by atoms with van der Waals surface area (Å²) >= 11 is 0. The minimum atomic E-state index is -0.903. The molecule has 4 aromatic rings. The van der Waals surface area contributed by atoms with Crippen molar-refractivity contribution in [3.05, 3.63) is 89.0 Å². The summed E-state index contributed by atoms with van der Waals surface area (Å²) in [5, 5.41) is 10.9. The fourth-order valence-corrected chi connectivity index (χ4v) is 7.06. The van der Waals surface area contributed by atoms with Gasteiger partial charge in [-0.2, -0.15) is 0 Å². The first kappa shape index (κ1) is 24.0. The van der Waals surface area contributed by atoms with Crippen LogP contribution in [0.1, 0.15) is 65.1 Å². The predicted molar refractivity (Wildman–Crippen MR) is 153 cm³/mol. The second-order valence-electron chi connectivity index (χ2n) is 11.2. The molecular formula is C33H33N3O3. The largest absolute Gasteiger partial charge is 0.478 e. The average molecular weight is 520 g/mol. The average Bonchev–Trinajstić information content (AvgIpc) is 3.50. The first-order chi connectivity index (χ1) is 19.1. The summed E-state index contributed by atoms with van der Waals surface area (Å²) in [7, 11) is 0. The van der Waals surface area contributed by atoms with Gasteiger partial charge in [-0.3, -0.25) is 4.79 Å². The topological polar surface area (TPSA) is 65.8 Å². The maximum atomic E-state index is 13.6. The Balaban J connectivity index is 1.30. The van der Waals surface area contributed by atoms with E-state index >= 15 is 0 Å². The van der Waals surface area contributed by atoms with Gasteiger partial charge in [0.2, 0.25) is 5.91 Å². The molecular weight excluding hydrogens is 486 g/mol. The second kappa shape index (κ2) is 9.60. The minimum Gasteiger partial charge on any atom is -0.478 e. The zero-order chi connectivity index (χ0) is 26.5. The Morgan fingerprint density at radius 3 is 2.31 bits per heavy atom. The number of hydrogen-bond acceptors (Lipinski definition) is 3. The molecule has 6 nitrogen and oxygen atoms in total. The molecule has 0 unspecified atom stereocenters. The van der Waals surface area contributed by atoms with Crippen LogP contribution in [0.5, 0.6) is 0 Å². The monoisotopic (exact) mass is 519 g/mol. The van der Waals surface area contributed by atoms with Crippen LogP contribution in [-0.2, 0) is 24.4 Å². The number of hydrogen-bond donors (Lipinski definition) is 1. The highest BCUT2D eigenvalue weighted by atomic mass is 16.4. The van der Waals surface area contributed by atoms with Crippen LogP contribution in [-0.4, -0.2) is 39.5 Å². The number of para-hydroxylation sites is 1. The molecule has 1 N–H and O–H groups in total. The third-order valence-electron chi connectivity index (χ3n) is 8.98. The summed E-state index contributed by atoms with van der Waals surface area (Å²) in [6, 6.07) is 22.4. The molecule has 1 aromatic heterocycles. The zero-order valence-electron chi connectivity index (χ0n) is 22.1. The van der Waals surface area contributed by atoms with Gasteiger partial charge in [-0.25, -0.2) is 4.79 Å². The highest BCUT2D eigenvalue weighted by Gasteiger charge is 2.32. The van der Waals surface area contributed by atoms with Gasteiger partial charge in [0.15, 0.2) is 0 Å². The van der Waals surface area contributed by atoms with Gasteiger partial charge in [0, 0.05) is 48.3 Å². The number of benzene rings is 3. The molecule has 0 atom stereocenters. The third-order valence-corrected chi connectivity index (χ3v) is 8.98. The minimum absolute atomic E-state index is 0.137. The maximum absolute atomic E-state index is 13.6. The number of nitrogens with zero attached hydrogens (tertiary/aromatic N) is 3. The van der Waals surface area contributed by atoms with E-state index in [1.165, 1.54) is 47.0 Å². The molecule has 1 amide bonds. The van der Waals surface area contributed by atoms with Crippen molar-refractivity contribution in [3.8, 4) is 11.3 Å². The van der Waals surface area contributed by atoms with E-state index in [1.54, 1.807) is 6.07 Å². The molecule has 1 fully saturated rings. The van der Waals surface area contributed by atoms with Crippen molar-refractivity contribution >= 4 is 28.5 Å². The number of aromatic nitrogens is 1. The number of fused-ring (bicyclic) bond motifs is 6. The summed E-state index contributed by atoms with van der Waals surface area (Å²) in [6.07, 6.45) is 6.05. The number of rotatable bonds is 4. The molecule has 39 heavy (non-hydrogen) atoms. The summed E-state index contributed by atoms with van der Waals surface area (Å²) in [5.74, 6) is -0.310. The van der Waals surface area contributed by atoms with Crippen LogP contribution in [0.25, 0.3) is 22.2 Å². The van der Waals surface area contributed by atoms with Crippen molar-refractivity contribution in [2.75, 3.05) is 18.0 Å². The smallest absolute Gasteiger partial charge is 0.335 e. The number of anilines is 1. The second-order valence-corrected chi connectivity index (χ2v) is 11.2. The summed E-state index contributed by atoms with van der Waals surface area (Å²) in [5.41, 5.74) is 8.56. The highest BCUT2D eigenvalue weighted by Crippen LogP contribution is 2.47. The fraction of sp³-hybridized carbons (Fsp3) is 0.333. The van der Waals surface area contributed by atoms with E-state index < -0.39 is 5.97 Å². The lowest BCUT2D eigenvalue weighted by Gasteiger charge is -2.27. The lowest BCUT2D eigenvalue weighted by Crippen LogP contribution is -2.39. The SMILES string of the molecule is O=C(O)c1ccc2c(C3CCCCC3)c3n(c2c1)CCN(CC(=O)N1Cc2ccccc2C1)c1ccccc1-3. The first-order valence-electron chi connectivity index (χ1n) is 14.2. The summed E-state index contributed by atoms with van der Waals surface area (Å²) in [6.45, 7) is 3.04. The molecule has 0 bridgehead atoms. The molecule has 198 valence electrons. The van der Waals surface area contributed by atoms with Gasteiger partial charge in [-0.1, -0.05) is 67.8 Å². The number of carbonyl (C=O) groups is 2. The Kier molecular flexibility index (Phi) is 5.91. The Bertz CT molecular complexity index is 1570. The Labute approximate surface area is 228 Å². The standard InChI is InChI=1S/C33H33N3O3/c37-30(35-19-24-10-4-5-11-25(24)20-35)21-34-16-17-36-29-18-23(33(38)39)14-15-26(29)31(22-8-2-1-3-9-22)32(36)27-12-6-7-13-28(27)34/h4-7,10-15,18,22H,1-3,8-9,16-17,19-21H2,(H,38,39). The summed E-state index contributed by atoms with van der Waals surface area (Å²) < 4.78 is 2.33. The molecule has 3 aromatic carbocycles. The van der Waals surface area contributed by atoms with E-state index in [-0.39, 0.29) is 5.91 Å². The first-order valence-corrected chi connectivity index (χ1v) is 14.2. The highest BCUT2D eigenvalue weighted by molar-refractivity contribution is 6.00. The molecule has 0 spiro atoms. The van der Waals surface area contributed by atoms with Gasteiger partial charge in [-0.05, 0) is 53.6 Å². The van der Waals surface area contributed by atoms with Crippen molar-refractivity contribution in [2.24, 2.45) is 0 Å². The van der Waals surface area contributed by atoms with Gasteiger partial charge in [0.1, 0.15) is 0 Å². The van der Waals surface area contributed by atoms with E-state index in [4.69, 9.17) is 0 Å². The van der Waals surface area contributed by atoms with E-state index in [1.807, 2.05) is 29.2 Å². The normalized spacial score (nSPS) is 17.0. The Hall–Kier alpha value is -4.06. The van der Waals surface area contributed by atoms with Gasteiger partial charge >= 0.3 is 5.97 Å². The predicted octanol–water partition coefficient (Wildman–Crippen LogP) is 6.42. The molecule has 1 saturated carbocycles. The van der Waals surface area contributed by atoms with Gasteiger partial charge in [0.25, 0.3) is 0 Å². The lowest BCUT2D eigenvalue weighted by atomic mass is 9.81. The number of carboxylic acid groups (broad SMARTS) is 1. The molecule has 1 aliphatic carbocycles. The van der Waals surface area contributed by atoms with Crippen molar-refractivity contribution in [3.63, 3.8) is 0 Å². The summed E-state index contributed by atoms with van der Waals surface area (Å²) in [4.78, 5) is 29.7. The number of amides is 1. The van der Waals surface area contributed by atoms with Crippen molar-refractivity contribution in [2.45, 2.75) is 57.7 Å². The molecule has 7 rings (SSSR count). The molecule has 0 saturated heterocycles. The molecule has 6 heteroatoms. The van der Waals surface area contributed by atoms with Crippen molar-refractivity contribution in [1.82, 2.24) is 9.47 Å². The van der Waals surface area contributed by atoms with Crippen LogP contribution in [0.15, 0.2) is 66.7 Å². The van der Waals surface area contributed by atoms with Crippen LogP contribution in [0.2, 0.25) is 0 Å². The van der Waals surface area contributed by atoms with E-state index in [0.717, 1.165) is 29.6 Å². The maximum Gasteiger partial charge on any atom is 0.335 e. The van der Waals surface area contributed by atoms with Gasteiger partial charge < -0.3 is 19.5 Å². The molecule has 3 aliphatic rings. The van der Waals surface area contributed by atoms with Crippen molar-refractivity contribution < 1.29 is 14.7 Å². The quantitative estimate of drug-likeness (QED) is 0.338. The number of carbonyl (C=O) groups excluding carboxylic acids is 1. The van der Waals surface area contributed by atoms with Crippen LogP contribution in [0.4, 0.5) is 5.69 Å². The lowest BCUT2D eigenvalue weighted by molar-refractivity contribution is -0.130. The number of aromatic carboxylic acids is 1. The van der Waals surface area contributed by atoms with E-state index in [2.05, 4.69) is 45.9 Å². The third kappa shape index (κ3) is 4.10. The van der Waals surface area contributed by atoms with E-state index in [0.29, 0.717) is 44.2 Å². The van der Waals surface area contributed by atoms with Gasteiger partial charge in [-0.15, -0.1) is 0 Å². The van der Waals surface area contributed by atoms with Crippen LogP contribution < -0.4 is 4.90 Å². The molecule has 2 aliphatic heterocycles. The van der Waals surface area contributed by atoms with Crippen molar-refractivity contribution in [1.29, 1.82) is 0 Å². The van der Waals surface area contributed by atoms with Crippen LogP contribution >= 0.6 is 0 Å². The van der Waals surface area contributed by atoms with Gasteiger partial charge in [0.05, 0.1) is 17.8 Å². The van der Waals surface area contributed by atoms with Crippen LogP contribution in [0.3, 0.4) is 0 Å². The fourth-order valence-electron chi connectivity index (χ4n) is 7.06. The molecule has 3 heterocycles.